The molecule has 2 fully saturated rings. The first-order chi connectivity index (χ1) is 21.7. The van der Waals surface area contributed by atoms with Crippen LogP contribution in [0, 0.1) is 0 Å². The monoisotopic (exact) mass is 619 g/mol. The summed E-state index contributed by atoms with van der Waals surface area (Å²) in [4.78, 5) is 37.4. The van der Waals surface area contributed by atoms with Crippen molar-refractivity contribution in [2.45, 2.75) is 57.1 Å². The van der Waals surface area contributed by atoms with Crippen LogP contribution in [-0.2, 0) is 22.6 Å². The molecule has 1 saturated heterocycles. The zero-order valence-electron chi connectivity index (χ0n) is 24.3. The van der Waals surface area contributed by atoms with Gasteiger partial charge in [-0.2, -0.15) is 13.2 Å². The number of rotatable bonds is 5. The van der Waals surface area contributed by atoms with Gasteiger partial charge in [0.05, 0.1) is 30.6 Å². The Morgan fingerprint density at radius 2 is 1.89 bits per heavy atom. The second kappa shape index (κ2) is 12.8. The number of nitrogens with one attached hydrogen (secondary N) is 2. The summed E-state index contributed by atoms with van der Waals surface area (Å²) in [7, 11) is 0. The van der Waals surface area contributed by atoms with Gasteiger partial charge in [0, 0.05) is 48.0 Å². The van der Waals surface area contributed by atoms with Gasteiger partial charge in [-0.15, -0.1) is 0 Å². The molecule has 2 unspecified atom stereocenters. The van der Waals surface area contributed by atoms with Crippen LogP contribution in [0.4, 0.5) is 18.9 Å². The maximum absolute atomic E-state index is 13.4. The van der Waals surface area contributed by atoms with E-state index < -0.39 is 12.1 Å². The Morgan fingerprint density at radius 3 is 2.71 bits per heavy atom. The molecule has 0 bridgehead atoms. The lowest BCUT2D eigenvalue weighted by Gasteiger charge is -2.43. The second-order valence-electron chi connectivity index (χ2n) is 11.3. The summed E-state index contributed by atoms with van der Waals surface area (Å²) in [5.41, 5.74) is 7.47. The number of aromatic amines is 1. The largest absolute Gasteiger partial charge is 0.490 e. The quantitative estimate of drug-likeness (QED) is 0.245. The number of carbonyl (C=O) groups is 2. The van der Waals surface area contributed by atoms with Gasteiger partial charge in [0.2, 0.25) is 0 Å². The van der Waals surface area contributed by atoms with Crippen LogP contribution in [0.3, 0.4) is 0 Å². The van der Waals surface area contributed by atoms with Crippen molar-refractivity contribution >= 4 is 34.7 Å². The number of fused-ring (bicyclic) bond motifs is 3. The lowest BCUT2D eigenvalue weighted by Crippen LogP contribution is -2.52. The number of aromatic nitrogens is 2. The first-order valence-corrected chi connectivity index (χ1v) is 14.8. The minimum absolute atomic E-state index is 0.205. The fraction of sp³-hybridized carbons (Fsp3) is 0.333. The topological polar surface area (TPSA) is 120 Å². The number of hydrogen-bond donors (Lipinski definition) is 3. The fourth-order valence-electron chi connectivity index (χ4n) is 6.29. The van der Waals surface area contributed by atoms with E-state index in [4.69, 9.17) is 19.6 Å². The van der Waals surface area contributed by atoms with Gasteiger partial charge in [0.25, 0.3) is 5.91 Å². The van der Waals surface area contributed by atoms with Crippen molar-refractivity contribution in [3.05, 3.63) is 83.3 Å². The number of halogens is 3. The number of pyridine rings is 1. The molecule has 0 spiro atoms. The zero-order valence-corrected chi connectivity index (χ0v) is 24.3. The van der Waals surface area contributed by atoms with E-state index in [-0.39, 0.29) is 5.91 Å². The molecule has 1 saturated carbocycles. The number of morpholine rings is 1. The number of nitrogens with zero attached hydrogens (tertiary/aromatic N) is 3. The van der Waals surface area contributed by atoms with Crippen LogP contribution in [0.2, 0.25) is 0 Å². The molecule has 0 radical (unpaired) electrons. The highest BCUT2D eigenvalue weighted by molar-refractivity contribution is 6.07. The average molecular weight is 620 g/mol. The summed E-state index contributed by atoms with van der Waals surface area (Å²) in [6, 6.07) is 18.8. The predicted molar refractivity (Wildman–Crippen MR) is 163 cm³/mol. The fourth-order valence-corrected chi connectivity index (χ4v) is 6.29. The minimum atomic E-state index is -5.08. The molecule has 2 aromatic heterocycles. The Balaban J connectivity index is 0.000000460. The Morgan fingerprint density at radius 1 is 1.09 bits per heavy atom. The normalized spacial score (nSPS) is 19.4. The van der Waals surface area contributed by atoms with E-state index in [2.05, 4.69) is 56.6 Å². The number of carboxylic acid groups (broad SMARTS) is 1. The Bertz CT molecular complexity index is 1750. The van der Waals surface area contributed by atoms with Gasteiger partial charge >= 0.3 is 12.1 Å². The van der Waals surface area contributed by atoms with Crippen molar-refractivity contribution in [3.63, 3.8) is 0 Å². The molecule has 1 aliphatic carbocycles. The van der Waals surface area contributed by atoms with Crippen molar-refractivity contribution in [1.29, 1.82) is 0 Å². The molecule has 3 N–H and O–H groups in total. The average Bonchev–Trinajstić information content (AvgIpc) is 3.71. The first kappa shape index (κ1) is 30.5. The lowest BCUT2D eigenvalue weighted by molar-refractivity contribution is -0.192. The Hall–Kier alpha value is -4.55. The maximum atomic E-state index is 13.4. The molecule has 234 valence electrons. The third-order valence-corrected chi connectivity index (χ3v) is 8.40. The summed E-state index contributed by atoms with van der Waals surface area (Å²) in [5.74, 6) is -2.96. The summed E-state index contributed by atoms with van der Waals surface area (Å²) in [5, 5.41) is 11.4. The summed E-state index contributed by atoms with van der Waals surface area (Å²) in [6.45, 7) is 3.03. The number of carboxylic acids is 1. The van der Waals surface area contributed by atoms with Crippen LogP contribution >= 0.6 is 0 Å². The van der Waals surface area contributed by atoms with Gasteiger partial charge in [0.15, 0.2) is 0 Å². The molecule has 4 aromatic rings. The minimum Gasteiger partial charge on any atom is -0.475 e. The number of H-pyrrole nitrogens is 1. The number of hydrogen-bond acceptors (Lipinski definition) is 6. The molecule has 2 aliphatic heterocycles. The van der Waals surface area contributed by atoms with Gasteiger partial charge in [-0.3, -0.25) is 14.7 Å². The van der Waals surface area contributed by atoms with Crippen molar-refractivity contribution in [3.8, 4) is 11.1 Å². The third-order valence-electron chi connectivity index (χ3n) is 8.40. The van der Waals surface area contributed by atoms with Gasteiger partial charge < -0.3 is 20.1 Å². The third kappa shape index (κ3) is 6.76. The standard InChI is InChI=1S/C31H31N5O2.C2HF3O2/c37-31(27-8-3-5-22(34-27)19-36-13-14-38-30-10-2-1-9-29(30)36)35-28-16-20(15-21-17-32-18-25(21)28)23-6-4-7-26-24(23)11-12-33-26;3-2(4,5)1(6)7/h3-8,11-12,15-16,18,29-30,33H,1-2,9-10,13-14,17,19H2,(H,35,37);(H,6,7). The smallest absolute Gasteiger partial charge is 0.475 e. The van der Waals surface area contributed by atoms with Gasteiger partial charge in [-0.25, -0.2) is 9.78 Å². The number of aliphatic carboxylic acids is 1. The van der Waals surface area contributed by atoms with E-state index in [1.807, 2.05) is 24.5 Å². The van der Waals surface area contributed by atoms with Crippen LogP contribution in [0.1, 0.15) is 53.0 Å². The molecule has 2 atom stereocenters. The zero-order chi connectivity index (χ0) is 31.6. The Kier molecular flexibility index (Phi) is 8.68. The molecule has 9 nitrogen and oxygen atoms in total. The molecule has 12 heteroatoms. The van der Waals surface area contributed by atoms with Crippen molar-refractivity contribution in [2.75, 3.05) is 18.5 Å². The Labute approximate surface area is 257 Å². The first-order valence-electron chi connectivity index (χ1n) is 14.8. The van der Waals surface area contributed by atoms with E-state index in [0.717, 1.165) is 70.7 Å². The summed E-state index contributed by atoms with van der Waals surface area (Å²) >= 11 is 0. The molecule has 3 aliphatic rings. The molecule has 1 amide bonds. The van der Waals surface area contributed by atoms with Crippen LogP contribution in [0.5, 0.6) is 0 Å². The highest BCUT2D eigenvalue weighted by Gasteiger charge is 2.38. The summed E-state index contributed by atoms with van der Waals surface area (Å²) < 4.78 is 37.8. The number of carbonyl (C=O) groups excluding carboxylic acids is 1. The number of ether oxygens (including phenoxy) is 1. The van der Waals surface area contributed by atoms with Gasteiger partial charge in [0.1, 0.15) is 5.69 Å². The molecular weight excluding hydrogens is 587 g/mol. The number of alkyl halides is 3. The van der Waals surface area contributed by atoms with E-state index >= 15 is 0 Å². The summed E-state index contributed by atoms with van der Waals surface area (Å²) in [6.07, 6.45) is 3.87. The van der Waals surface area contributed by atoms with Crippen LogP contribution in [-0.4, -0.2) is 69.5 Å². The maximum Gasteiger partial charge on any atom is 0.490 e. The van der Waals surface area contributed by atoms with Crippen LogP contribution < -0.4 is 5.32 Å². The lowest BCUT2D eigenvalue weighted by atomic mass is 9.90. The SMILES string of the molecule is O=C(Nc1cc(-c2cccc3[nH]ccc23)cc2c1C=NC2)c1cccc(CN2CCOC3CCCCC32)n1.O=C(O)C(F)(F)F. The van der Waals surface area contributed by atoms with E-state index in [1.165, 1.54) is 19.3 Å². The predicted octanol–water partition coefficient (Wildman–Crippen LogP) is 6.19. The molecule has 2 aromatic carbocycles. The number of aliphatic imine (C=N–C) groups is 1. The van der Waals surface area contributed by atoms with Gasteiger partial charge in [-0.1, -0.05) is 31.0 Å². The van der Waals surface area contributed by atoms with Gasteiger partial charge in [-0.05, 0) is 65.9 Å². The highest BCUT2D eigenvalue weighted by atomic mass is 19.4. The molecule has 4 heterocycles. The van der Waals surface area contributed by atoms with E-state index in [0.29, 0.717) is 24.4 Å². The molecule has 7 rings (SSSR count). The van der Waals surface area contributed by atoms with Crippen LogP contribution in [0.25, 0.3) is 22.0 Å². The van der Waals surface area contributed by atoms with Crippen molar-refractivity contribution < 1.29 is 32.6 Å². The van der Waals surface area contributed by atoms with Crippen molar-refractivity contribution in [1.82, 2.24) is 14.9 Å². The van der Waals surface area contributed by atoms with Crippen LogP contribution in [0.15, 0.2) is 65.8 Å². The second-order valence-corrected chi connectivity index (χ2v) is 11.3. The van der Waals surface area contributed by atoms with Crippen molar-refractivity contribution in [2.24, 2.45) is 4.99 Å². The molecular formula is C33H32F3N5O4. The highest BCUT2D eigenvalue weighted by Crippen LogP contribution is 2.35. The van der Waals surface area contributed by atoms with E-state index in [1.54, 1.807) is 6.07 Å². The number of anilines is 1. The molecule has 45 heavy (non-hydrogen) atoms. The van der Waals surface area contributed by atoms with E-state index in [9.17, 15) is 18.0 Å². The number of benzene rings is 2. The number of amides is 1.